The van der Waals surface area contributed by atoms with E-state index in [2.05, 4.69) is 5.32 Å². The minimum atomic E-state index is -0.832. The highest BCUT2D eigenvalue weighted by atomic mass is 16.4. The summed E-state index contributed by atoms with van der Waals surface area (Å²) in [6.45, 7) is 0. The largest absolute Gasteiger partial charge is 0.481 e. The molecule has 1 heterocycles. The standard InChI is InChI=1S/C21H24N2O5/c24-18(22-14-8-6-13(10-14)21(27)28)12-7-9-16-17(11-12)20(26)23(19(16)25)15-4-2-1-3-5-15/h7,9,11,13-15H,1-6,8,10H2,(H,22,24)(H,27,28)/t13-,14+/m0/s1. The van der Waals surface area contributed by atoms with Crippen molar-refractivity contribution in [3.8, 4) is 0 Å². The quantitative estimate of drug-likeness (QED) is 0.777. The zero-order valence-corrected chi connectivity index (χ0v) is 15.6. The molecule has 0 unspecified atom stereocenters. The average Bonchev–Trinajstić information content (AvgIpc) is 3.26. The van der Waals surface area contributed by atoms with Gasteiger partial charge in [-0.25, -0.2) is 0 Å². The molecule has 7 heteroatoms. The molecular weight excluding hydrogens is 360 g/mol. The number of amides is 3. The van der Waals surface area contributed by atoms with E-state index in [-0.39, 0.29) is 35.4 Å². The van der Waals surface area contributed by atoms with Crippen molar-refractivity contribution in [3.05, 3.63) is 34.9 Å². The highest BCUT2D eigenvalue weighted by Gasteiger charge is 2.40. The molecule has 1 aromatic rings. The molecule has 0 bridgehead atoms. The monoisotopic (exact) mass is 384 g/mol. The van der Waals surface area contributed by atoms with E-state index in [1.54, 1.807) is 12.1 Å². The van der Waals surface area contributed by atoms with Crippen LogP contribution in [-0.4, -0.2) is 45.8 Å². The molecule has 2 fully saturated rings. The van der Waals surface area contributed by atoms with Crippen molar-refractivity contribution in [2.45, 2.75) is 63.5 Å². The first kappa shape index (κ1) is 18.7. The summed E-state index contributed by atoms with van der Waals surface area (Å²) >= 11 is 0. The minimum Gasteiger partial charge on any atom is -0.481 e. The number of carbonyl (C=O) groups excluding carboxylic acids is 3. The Hall–Kier alpha value is -2.70. The number of carbonyl (C=O) groups is 4. The number of nitrogens with one attached hydrogen (secondary N) is 1. The van der Waals surface area contributed by atoms with Gasteiger partial charge >= 0.3 is 5.97 Å². The highest BCUT2D eigenvalue weighted by molar-refractivity contribution is 6.22. The van der Waals surface area contributed by atoms with Crippen molar-refractivity contribution in [3.63, 3.8) is 0 Å². The summed E-state index contributed by atoms with van der Waals surface area (Å²) in [6.07, 6.45) is 6.44. The first-order valence-corrected chi connectivity index (χ1v) is 10.0. The van der Waals surface area contributed by atoms with E-state index in [1.165, 1.54) is 11.0 Å². The van der Waals surface area contributed by atoms with E-state index >= 15 is 0 Å². The fraction of sp³-hybridized carbons (Fsp3) is 0.524. The summed E-state index contributed by atoms with van der Waals surface area (Å²) < 4.78 is 0. The van der Waals surface area contributed by atoms with Gasteiger partial charge in [-0.05, 0) is 50.3 Å². The molecule has 0 aromatic heterocycles. The van der Waals surface area contributed by atoms with Crippen molar-refractivity contribution in [1.82, 2.24) is 10.2 Å². The number of rotatable bonds is 4. The molecule has 0 spiro atoms. The van der Waals surface area contributed by atoms with Crippen LogP contribution in [0.25, 0.3) is 0 Å². The van der Waals surface area contributed by atoms with Gasteiger partial charge in [0.25, 0.3) is 17.7 Å². The van der Waals surface area contributed by atoms with Crippen LogP contribution in [0.5, 0.6) is 0 Å². The molecule has 3 amide bonds. The number of aliphatic carboxylic acids is 1. The number of hydrogen-bond acceptors (Lipinski definition) is 4. The molecule has 1 aromatic carbocycles. The summed E-state index contributed by atoms with van der Waals surface area (Å²) in [5, 5.41) is 11.9. The summed E-state index contributed by atoms with van der Waals surface area (Å²) in [7, 11) is 0. The van der Waals surface area contributed by atoms with E-state index in [0.717, 1.165) is 32.1 Å². The van der Waals surface area contributed by atoms with Crippen LogP contribution in [0.4, 0.5) is 0 Å². The second-order valence-electron chi connectivity index (χ2n) is 8.05. The number of hydrogen-bond donors (Lipinski definition) is 2. The lowest BCUT2D eigenvalue weighted by molar-refractivity contribution is -0.141. The lowest BCUT2D eigenvalue weighted by atomic mass is 9.94. The number of nitrogens with zero attached hydrogens (tertiary/aromatic N) is 1. The van der Waals surface area contributed by atoms with Crippen molar-refractivity contribution < 1.29 is 24.3 Å². The summed E-state index contributed by atoms with van der Waals surface area (Å²) in [5.41, 5.74) is 0.973. The number of carboxylic acids is 1. The molecule has 0 radical (unpaired) electrons. The van der Waals surface area contributed by atoms with Crippen molar-refractivity contribution in [2.24, 2.45) is 5.92 Å². The van der Waals surface area contributed by atoms with E-state index in [9.17, 15) is 19.2 Å². The van der Waals surface area contributed by atoms with Crippen molar-refractivity contribution >= 4 is 23.7 Å². The smallest absolute Gasteiger partial charge is 0.306 e. The zero-order chi connectivity index (χ0) is 19.8. The maximum atomic E-state index is 12.9. The first-order valence-electron chi connectivity index (χ1n) is 10.0. The van der Waals surface area contributed by atoms with Gasteiger partial charge in [0.1, 0.15) is 0 Å². The van der Waals surface area contributed by atoms with Gasteiger partial charge in [0.05, 0.1) is 17.0 Å². The molecule has 7 nitrogen and oxygen atoms in total. The van der Waals surface area contributed by atoms with Crippen LogP contribution >= 0.6 is 0 Å². The van der Waals surface area contributed by atoms with Crippen LogP contribution in [0.15, 0.2) is 18.2 Å². The number of imide groups is 1. The summed E-state index contributed by atoms with van der Waals surface area (Å²) in [5.74, 6) is -2.17. The third kappa shape index (κ3) is 3.30. The molecular formula is C21H24N2O5. The zero-order valence-electron chi connectivity index (χ0n) is 15.6. The fourth-order valence-electron chi connectivity index (χ4n) is 4.68. The van der Waals surface area contributed by atoms with Crippen LogP contribution in [0, 0.1) is 5.92 Å². The van der Waals surface area contributed by atoms with Crippen LogP contribution < -0.4 is 5.32 Å². The maximum absolute atomic E-state index is 12.9. The second kappa shape index (κ2) is 7.37. The Morgan fingerprint density at radius 3 is 2.36 bits per heavy atom. The molecule has 1 aliphatic heterocycles. The topological polar surface area (TPSA) is 104 Å². The summed E-state index contributed by atoms with van der Waals surface area (Å²) in [6, 6.07) is 4.38. The van der Waals surface area contributed by atoms with Crippen molar-refractivity contribution in [1.29, 1.82) is 0 Å². The molecule has 28 heavy (non-hydrogen) atoms. The number of fused-ring (bicyclic) bond motifs is 1. The lowest BCUT2D eigenvalue weighted by Gasteiger charge is -2.29. The minimum absolute atomic E-state index is 0.0510. The highest BCUT2D eigenvalue weighted by Crippen LogP contribution is 2.32. The Kier molecular flexibility index (Phi) is 4.91. The van der Waals surface area contributed by atoms with Gasteiger partial charge in [0.15, 0.2) is 0 Å². The molecule has 2 N–H and O–H groups in total. The van der Waals surface area contributed by atoms with Gasteiger partial charge in [-0.3, -0.25) is 24.1 Å². The molecule has 2 atom stereocenters. The van der Waals surface area contributed by atoms with Gasteiger partial charge in [0.2, 0.25) is 0 Å². The molecule has 148 valence electrons. The van der Waals surface area contributed by atoms with Gasteiger partial charge in [0, 0.05) is 17.6 Å². The van der Waals surface area contributed by atoms with Gasteiger partial charge in [-0.15, -0.1) is 0 Å². The molecule has 4 rings (SSSR count). The van der Waals surface area contributed by atoms with Crippen LogP contribution in [0.3, 0.4) is 0 Å². The van der Waals surface area contributed by atoms with Crippen LogP contribution in [-0.2, 0) is 4.79 Å². The normalized spacial score (nSPS) is 25.1. The van der Waals surface area contributed by atoms with E-state index < -0.39 is 11.9 Å². The van der Waals surface area contributed by atoms with Gasteiger partial charge in [-0.1, -0.05) is 19.3 Å². The number of benzene rings is 1. The van der Waals surface area contributed by atoms with Gasteiger partial charge < -0.3 is 10.4 Å². The Morgan fingerprint density at radius 1 is 0.964 bits per heavy atom. The molecule has 2 aliphatic carbocycles. The third-order valence-electron chi connectivity index (χ3n) is 6.24. The number of carboxylic acid groups (broad SMARTS) is 1. The Labute approximate surface area is 163 Å². The SMILES string of the molecule is O=C(N[C@@H]1CC[C@H](C(=O)O)C1)c1ccc2c(c1)C(=O)N(C1CCCCC1)C2=O. The Morgan fingerprint density at radius 2 is 1.68 bits per heavy atom. The van der Waals surface area contributed by atoms with E-state index in [0.29, 0.717) is 30.4 Å². The Bertz CT molecular complexity index is 843. The second-order valence-corrected chi connectivity index (χ2v) is 8.05. The molecule has 0 saturated heterocycles. The first-order chi connectivity index (χ1) is 13.5. The summed E-state index contributed by atoms with van der Waals surface area (Å²) in [4.78, 5) is 50.6. The molecule has 2 saturated carbocycles. The van der Waals surface area contributed by atoms with Crippen LogP contribution in [0.1, 0.15) is 82.4 Å². The van der Waals surface area contributed by atoms with Crippen LogP contribution in [0.2, 0.25) is 0 Å². The predicted octanol–water partition coefficient (Wildman–Crippen LogP) is 2.60. The predicted molar refractivity (Wildman–Crippen MR) is 100 cm³/mol. The fourth-order valence-corrected chi connectivity index (χ4v) is 4.68. The molecule has 3 aliphatic rings. The van der Waals surface area contributed by atoms with Crippen molar-refractivity contribution in [2.75, 3.05) is 0 Å². The average molecular weight is 384 g/mol. The van der Waals surface area contributed by atoms with E-state index in [4.69, 9.17) is 5.11 Å². The third-order valence-corrected chi connectivity index (χ3v) is 6.24. The maximum Gasteiger partial charge on any atom is 0.306 e. The van der Waals surface area contributed by atoms with Gasteiger partial charge in [-0.2, -0.15) is 0 Å². The Balaban J connectivity index is 1.48. The van der Waals surface area contributed by atoms with E-state index in [1.807, 2.05) is 0 Å². The lowest BCUT2D eigenvalue weighted by Crippen LogP contribution is -2.40.